The molecule has 5 rings (SSSR count). The van der Waals surface area contributed by atoms with Crippen molar-refractivity contribution >= 4 is 28.6 Å². The Morgan fingerprint density at radius 1 is 1.08 bits per heavy atom. The first-order valence-electron chi connectivity index (χ1n) is 12.8. The van der Waals surface area contributed by atoms with Gasteiger partial charge in [0.15, 0.2) is 5.75 Å². The highest BCUT2D eigenvalue weighted by Crippen LogP contribution is 2.43. The highest BCUT2D eigenvalue weighted by Gasteiger charge is 2.27. The number of nitrogens with one attached hydrogen (secondary N) is 1. The van der Waals surface area contributed by atoms with Crippen molar-refractivity contribution < 1.29 is 23.8 Å². The van der Waals surface area contributed by atoms with Crippen molar-refractivity contribution in [3.63, 3.8) is 0 Å². The van der Waals surface area contributed by atoms with E-state index in [0.29, 0.717) is 42.7 Å². The summed E-state index contributed by atoms with van der Waals surface area (Å²) in [6, 6.07) is 13.8. The summed E-state index contributed by atoms with van der Waals surface area (Å²) >= 11 is 1.44. The molecule has 200 valence electrons. The number of fused-ring (bicyclic) bond motifs is 1. The van der Waals surface area contributed by atoms with Crippen molar-refractivity contribution in [3.8, 4) is 22.6 Å². The number of benzene rings is 2. The lowest BCUT2D eigenvalue weighted by Crippen LogP contribution is -2.38. The Bertz CT molecular complexity index is 1370. The van der Waals surface area contributed by atoms with Crippen LogP contribution in [0.25, 0.3) is 16.7 Å². The fraction of sp³-hybridized carbons (Fsp3) is 0.367. The molecule has 0 radical (unpaired) electrons. The Labute approximate surface area is 227 Å². The molecule has 1 N–H and O–H groups in total. The average Bonchev–Trinajstić information content (AvgIpc) is 3.33. The third kappa shape index (κ3) is 5.57. The Kier molecular flexibility index (Phi) is 7.47. The van der Waals surface area contributed by atoms with Gasteiger partial charge in [-0.3, -0.25) is 0 Å². The number of carbonyl (C=O) groups excluding carboxylic acids is 1. The molecule has 1 saturated heterocycles. The maximum absolute atomic E-state index is 12.9. The van der Waals surface area contributed by atoms with Gasteiger partial charge < -0.3 is 24.4 Å². The Morgan fingerprint density at radius 2 is 1.84 bits per heavy atom. The van der Waals surface area contributed by atoms with Gasteiger partial charge in [0.05, 0.1) is 39.0 Å². The molecule has 0 atom stereocenters. The quantitative estimate of drug-likeness (QED) is 0.356. The van der Waals surface area contributed by atoms with E-state index < -0.39 is 0 Å². The molecule has 0 spiro atoms. The minimum atomic E-state index is -0.321. The average molecular weight is 535 g/mol. The van der Waals surface area contributed by atoms with Gasteiger partial charge in [-0.25, -0.2) is 4.79 Å². The summed E-state index contributed by atoms with van der Waals surface area (Å²) in [5.74, 6) is 1.06. The second-order valence-electron chi connectivity index (χ2n) is 10.2. The Hall–Kier alpha value is -3.33. The first-order valence-corrected chi connectivity index (χ1v) is 13.6. The van der Waals surface area contributed by atoms with E-state index in [-0.39, 0.29) is 18.1 Å². The fourth-order valence-electron chi connectivity index (χ4n) is 5.09. The molecular formula is C30H34N2O5S. The molecule has 2 aromatic carbocycles. The lowest BCUT2D eigenvalue weighted by atomic mass is 9.85. The number of morpholine rings is 1. The molecule has 2 aliphatic heterocycles. The number of esters is 1. The van der Waals surface area contributed by atoms with Gasteiger partial charge in [0.1, 0.15) is 17.2 Å². The van der Waals surface area contributed by atoms with E-state index >= 15 is 0 Å². The van der Waals surface area contributed by atoms with Crippen LogP contribution in [0.2, 0.25) is 0 Å². The zero-order valence-corrected chi connectivity index (χ0v) is 23.4. The van der Waals surface area contributed by atoms with Crippen LogP contribution in [0.4, 0.5) is 5.69 Å². The van der Waals surface area contributed by atoms with Crippen molar-refractivity contribution in [2.24, 2.45) is 0 Å². The van der Waals surface area contributed by atoms with Gasteiger partial charge in [0.2, 0.25) is 0 Å². The number of anilines is 1. The van der Waals surface area contributed by atoms with Crippen LogP contribution in [0.15, 0.2) is 48.5 Å². The minimum Gasteiger partial charge on any atom is -0.496 e. The van der Waals surface area contributed by atoms with Gasteiger partial charge in [-0.15, -0.1) is 16.4 Å². The lowest BCUT2D eigenvalue weighted by molar-refractivity contribution is -0.118. The van der Waals surface area contributed by atoms with Crippen molar-refractivity contribution in [1.82, 2.24) is 5.06 Å². The zero-order valence-electron chi connectivity index (χ0n) is 22.6. The van der Waals surface area contributed by atoms with Gasteiger partial charge >= 0.3 is 5.97 Å². The van der Waals surface area contributed by atoms with Gasteiger partial charge in [-0.1, -0.05) is 12.1 Å². The zero-order chi connectivity index (χ0) is 26.9. The number of ether oxygens (including phenoxy) is 3. The number of hydrogen-bond donors (Lipinski definition) is 1. The topological polar surface area (TPSA) is 69.3 Å². The SMILES string of the molecule is COc1cc(ON2CCOCC2)ccc1-c1ccc2c(c1COC(=O)c1ccc(C)s1)C(C)=CC(C)(C)N2. The number of hydrogen-bond acceptors (Lipinski definition) is 8. The molecular weight excluding hydrogens is 500 g/mol. The number of rotatable bonds is 7. The first-order chi connectivity index (χ1) is 18.2. The summed E-state index contributed by atoms with van der Waals surface area (Å²) in [5.41, 5.74) is 5.80. The van der Waals surface area contributed by atoms with E-state index in [1.54, 1.807) is 7.11 Å². The second kappa shape index (κ2) is 10.8. The van der Waals surface area contributed by atoms with Crippen LogP contribution in [-0.2, 0) is 16.1 Å². The van der Waals surface area contributed by atoms with Crippen LogP contribution in [-0.4, -0.2) is 50.0 Å². The molecule has 3 aromatic rings. The molecule has 8 heteroatoms. The van der Waals surface area contributed by atoms with E-state index in [1.165, 1.54) is 11.3 Å². The molecule has 38 heavy (non-hydrogen) atoms. The van der Waals surface area contributed by atoms with Gasteiger partial charge in [0, 0.05) is 33.3 Å². The molecule has 2 aliphatic rings. The molecule has 0 bridgehead atoms. The molecule has 3 heterocycles. The monoisotopic (exact) mass is 534 g/mol. The highest BCUT2D eigenvalue weighted by atomic mass is 32.1. The number of methoxy groups -OCH3 is 1. The third-order valence-electron chi connectivity index (χ3n) is 6.70. The molecule has 7 nitrogen and oxygen atoms in total. The summed E-state index contributed by atoms with van der Waals surface area (Å²) in [6.07, 6.45) is 2.21. The number of nitrogens with zero attached hydrogens (tertiary/aromatic N) is 1. The van der Waals surface area contributed by atoms with E-state index in [4.69, 9.17) is 19.0 Å². The fourth-order valence-corrected chi connectivity index (χ4v) is 5.85. The predicted octanol–water partition coefficient (Wildman–Crippen LogP) is 6.32. The van der Waals surface area contributed by atoms with E-state index in [1.807, 2.05) is 42.3 Å². The molecule has 0 saturated carbocycles. The number of allylic oxidation sites excluding steroid dienone is 1. The van der Waals surface area contributed by atoms with Crippen molar-refractivity contribution in [1.29, 1.82) is 0 Å². The summed E-state index contributed by atoms with van der Waals surface area (Å²) in [4.78, 5) is 20.6. The molecule has 0 unspecified atom stereocenters. The largest absolute Gasteiger partial charge is 0.496 e. The number of hydroxylamine groups is 2. The smallest absolute Gasteiger partial charge is 0.348 e. The maximum Gasteiger partial charge on any atom is 0.348 e. The molecule has 1 fully saturated rings. The van der Waals surface area contributed by atoms with Crippen molar-refractivity contribution in [2.45, 2.75) is 39.8 Å². The third-order valence-corrected chi connectivity index (χ3v) is 7.68. The summed E-state index contributed by atoms with van der Waals surface area (Å²) in [5, 5.41) is 5.51. The van der Waals surface area contributed by atoms with E-state index in [9.17, 15) is 4.79 Å². The van der Waals surface area contributed by atoms with Crippen molar-refractivity contribution in [2.75, 3.05) is 38.7 Å². The first kappa shape index (κ1) is 26.3. The maximum atomic E-state index is 12.9. The molecule has 0 amide bonds. The summed E-state index contributed by atoms with van der Waals surface area (Å²) < 4.78 is 17.1. The van der Waals surface area contributed by atoms with E-state index in [0.717, 1.165) is 38.4 Å². The van der Waals surface area contributed by atoms with Gasteiger partial charge in [-0.2, -0.15) is 0 Å². The standard InChI is InChI=1S/C30H34N2O5S/c1-19-17-30(3,4)31-25-10-9-22(24(28(19)25)18-36-29(33)27-11-6-20(2)38-27)23-8-7-21(16-26(23)34-5)37-32-12-14-35-15-13-32/h6-11,16-17,31H,12-15,18H2,1-5H3. The highest BCUT2D eigenvalue weighted by molar-refractivity contribution is 7.13. The lowest BCUT2D eigenvalue weighted by Gasteiger charge is -2.33. The number of thiophene rings is 1. The van der Waals surface area contributed by atoms with Crippen LogP contribution in [0.3, 0.4) is 0 Å². The van der Waals surface area contributed by atoms with Gasteiger partial charge in [0.25, 0.3) is 0 Å². The summed E-state index contributed by atoms with van der Waals surface area (Å²) in [6.45, 7) is 11.2. The second-order valence-corrected chi connectivity index (χ2v) is 11.5. The Morgan fingerprint density at radius 3 is 2.55 bits per heavy atom. The van der Waals surface area contributed by atoms with Crippen LogP contribution >= 0.6 is 11.3 Å². The van der Waals surface area contributed by atoms with Gasteiger partial charge in [-0.05, 0) is 69.2 Å². The molecule has 1 aromatic heterocycles. The number of aryl methyl sites for hydroxylation is 1. The van der Waals surface area contributed by atoms with Crippen LogP contribution in [0.5, 0.6) is 11.5 Å². The van der Waals surface area contributed by atoms with Crippen LogP contribution in [0.1, 0.15) is 46.4 Å². The predicted molar refractivity (Wildman–Crippen MR) is 151 cm³/mol. The molecule has 0 aliphatic carbocycles. The van der Waals surface area contributed by atoms with E-state index in [2.05, 4.69) is 44.3 Å². The summed E-state index contributed by atoms with van der Waals surface area (Å²) in [7, 11) is 1.66. The van der Waals surface area contributed by atoms with Crippen molar-refractivity contribution in [3.05, 3.63) is 69.4 Å². The van der Waals surface area contributed by atoms with Crippen LogP contribution < -0.4 is 14.9 Å². The van der Waals surface area contributed by atoms with Crippen LogP contribution in [0, 0.1) is 6.92 Å². The minimum absolute atomic E-state index is 0.136. The number of carbonyl (C=O) groups is 1. The Balaban J connectivity index is 1.53. The normalized spacial score (nSPS) is 16.7.